The molecule has 0 aliphatic carbocycles. The highest BCUT2D eigenvalue weighted by atomic mass is 19.4. The van der Waals surface area contributed by atoms with E-state index >= 15 is 0 Å². The van der Waals surface area contributed by atoms with E-state index in [0.717, 1.165) is 17.0 Å². The van der Waals surface area contributed by atoms with Crippen molar-refractivity contribution in [3.63, 3.8) is 0 Å². The number of nitrogens with zero attached hydrogens (tertiary/aromatic N) is 2. The first-order valence-electron chi connectivity index (χ1n) is 5.36. The van der Waals surface area contributed by atoms with E-state index < -0.39 is 23.8 Å². The van der Waals surface area contributed by atoms with Gasteiger partial charge < -0.3 is 5.73 Å². The standard InChI is InChI=1S/C11H10F3N3O2/c12-11(13,14)7-1-3-8(4-2-7)16-5-6-17(9(15)18)10(16)19/h1-4H,5-6H2,(H2,15,18). The van der Waals surface area contributed by atoms with Gasteiger partial charge in [0.15, 0.2) is 0 Å². The van der Waals surface area contributed by atoms with E-state index in [1.54, 1.807) is 0 Å². The molecule has 5 nitrogen and oxygen atoms in total. The van der Waals surface area contributed by atoms with Crippen LogP contribution in [0.1, 0.15) is 5.56 Å². The summed E-state index contributed by atoms with van der Waals surface area (Å²) in [4.78, 5) is 24.7. The zero-order chi connectivity index (χ0) is 14.2. The smallest absolute Gasteiger partial charge is 0.351 e. The van der Waals surface area contributed by atoms with Crippen molar-refractivity contribution in [2.24, 2.45) is 5.73 Å². The van der Waals surface area contributed by atoms with Gasteiger partial charge in [-0.15, -0.1) is 0 Å². The number of benzene rings is 1. The number of hydrogen-bond donors (Lipinski definition) is 1. The topological polar surface area (TPSA) is 66.6 Å². The molecule has 0 atom stereocenters. The van der Waals surface area contributed by atoms with Crippen LogP contribution in [-0.4, -0.2) is 30.1 Å². The van der Waals surface area contributed by atoms with Crippen LogP contribution in [-0.2, 0) is 6.18 Å². The van der Waals surface area contributed by atoms with Gasteiger partial charge in [-0.2, -0.15) is 13.2 Å². The summed E-state index contributed by atoms with van der Waals surface area (Å²) in [5, 5.41) is 0. The van der Waals surface area contributed by atoms with Crippen molar-refractivity contribution in [1.82, 2.24) is 4.90 Å². The molecule has 4 amide bonds. The first-order chi connectivity index (χ1) is 8.80. The van der Waals surface area contributed by atoms with E-state index in [1.807, 2.05) is 0 Å². The minimum atomic E-state index is -4.42. The predicted octanol–water partition coefficient (Wildman–Crippen LogP) is 2.03. The van der Waals surface area contributed by atoms with Crippen LogP contribution in [0, 0.1) is 0 Å². The molecule has 2 rings (SSSR count). The maximum atomic E-state index is 12.4. The summed E-state index contributed by atoms with van der Waals surface area (Å²) in [6.07, 6.45) is -4.42. The average molecular weight is 273 g/mol. The van der Waals surface area contributed by atoms with Crippen molar-refractivity contribution in [2.75, 3.05) is 18.0 Å². The first kappa shape index (κ1) is 13.2. The average Bonchev–Trinajstić information content (AvgIpc) is 2.70. The Balaban J connectivity index is 2.20. The van der Waals surface area contributed by atoms with Gasteiger partial charge in [0.2, 0.25) is 0 Å². The second kappa shape index (κ2) is 4.45. The molecular weight excluding hydrogens is 263 g/mol. The molecule has 1 aliphatic heterocycles. The predicted molar refractivity (Wildman–Crippen MR) is 60.5 cm³/mol. The fraction of sp³-hybridized carbons (Fsp3) is 0.273. The second-order valence-corrected chi connectivity index (χ2v) is 3.97. The molecule has 2 N–H and O–H groups in total. The third-order valence-corrected chi connectivity index (χ3v) is 2.78. The van der Waals surface area contributed by atoms with Crippen molar-refractivity contribution in [3.05, 3.63) is 29.8 Å². The highest BCUT2D eigenvalue weighted by Crippen LogP contribution is 2.31. The van der Waals surface area contributed by atoms with Crippen molar-refractivity contribution in [1.29, 1.82) is 0 Å². The Kier molecular flexibility index (Phi) is 3.09. The summed E-state index contributed by atoms with van der Waals surface area (Å²) in [5.74, 6) is 0. The molecule has 8 heteroatoms. The summed E-state index contributed by atoms with van der Waals surface area (Å²) in [6.45, 7) is 0.322. The fourth-order valence-electron chi connectivity index (χ4n) is 1.81. The number of carbonyl (C=O) groups excluding carboxylic acids is 2. The van der Waals surface area contributed by atoms with Crippen molar-refractivity contribution in [3.8, 4) is 0 Å². The van der Waals surface area contributed by atoms with E-state index in [4.69, 9.17) is 5.73 Å². The van der Waals surface area contributed by atoms with Gasteiger partial charge in [-0.3, -0.25) is 4.90 Å². The normalized spacial score (nSPS) is 16.1. The number of primary amides is 1. The summed E-state index contributed by atoms with van der Waals surface area (Å²) in [7, 11) is 0. The van der Waals surface area contributed by atoms with Gasteiger partial charge in [-0.25, -0.2) is 14.5 Å². The number of imide groups is 1. The van der Waals surface area contributed by atoms with Crippen LogP contribution in [0.15, 0.2) is 24.3 Å². The zero-order valence-corrected chi connectivity index (χ0v) is 9.65. The van der Waals surface area contributed by atoms with E-state index in [0.29, 0.717) is 5.69 Å². The number of rotatable bonds is 1. The summed E-state index contributed by atoms with van der Waals surface area (Å²) < 4.78 is 37.2. The van der Waals surface area contributed by atoms with E-state index in [2.05, 4.69) is 0 Å². The number of halogens is 3. The molecule has 1 heterocycles. The third-order valence-electron chi connectivity index (χ3n) is 2.78. The number of amides is 4. The van der Waals surface area contributed by atoms with E-state index in [9.17, 15) is 22.8 Å². The highest BCUT2D eigenvalue weighted by Gasteiger charge is 2.34. The van der Waals surface area contributed by atoms with Crippen LogP contribution < -0.4 is 10.6 Å². The lowest BCUT2D eigenvalue weighted by molar-refractivity contribution is -0.137. The number of anilines is 1. The molecule has 102 valence electrons. The minimum Gasteiger partial charge on any atom is -0.351 e. The molecule has 0 radical (unpaired) electrons. The van der Waals surface area contributed by atoms with Crippen LogP contribution in [0.5, 0.6) is 0 Å². The number of hydrogen-bond acceptors (Lipinski definition) is 2. The van der Waals surface area contributed by atoms with Gasteiger partial charge in [0.25, 0.3) is 0 Å². The first-order valence-corrected chi connectivity index (χ1v) is 5.36. The Morgan fingerprint density at radius 1 is 1.16 bits per heavy atom. The fourth-order valence-corrected chi connectivity index (χ4v) is 1.81. The number of carbonyl (C=O) groups is 2. The molecule has 1 aromatic carbocycles. The lowest BCUT2D eigenvalue weighted by Gasteiger charge is -2.17. The monoisotopic (exact) mass is 273 g/mol. The largest absolute Gasteiger partial charge is 0.416 e. The Morgan fingerprint density at radius 3 is 2.16 bits per heavy atom. The van der Waals surface area contributed by atoms with Gasteiger partial charge in [0.05, 0.1) is 12.1 Å². The van der Waals surface area contributed by atoms with Crippen LogP contribution >= 0.6 is 0 Å². The Hall–Kier alpha value is -2.25. The van der Waals surface area contributed by atoms with Crippen molar-refractivity contribution < 1.29 is 22.8 Å². The summed E-state index contributed by atoms with van der Waals surface area (Å²) in [5.41, 5.74) is 4.50. The molecule has 0 saturated carbocycles. The van der Waals surface area contributed by atoms with E-state index in [1.165, 1.54) is 17.0 Å². The van der Waals surface area contributed by atoms with Gasteiger partial charge >= 0.3 is 18.2 Å². The van der Waals surface area contributed by atoms with Gasteiger partial charge in [0, 0.05) is 12.2 Å². The molecule has 0 spiro atoms. The lowest BCUT2D eigenvalue weighted by atomic mass is 10.2. The van der Waals surface area contributed by atoms with Crippen LogP contribution in [0.25, 0.3) is 0 Å². The maximum absolute atomic E-state index is 12.4. The Bertz CT molecular complexity index is 513. The van der Waals surface area contributed by atoms with Crippen molar-refractivity contribution in [2.45, 2.75) is 6.18 Å². The molecule has 0 unspecified atom stereocenters. The number of urea groups is 2. The van der Waals surface area contributed by atoms with Gasteiger partial charge in [-0.05, 0) is 24.3 Å². The SMILES string of the molecule is NC(=O)N1CCN(c2ccc(C(F)(F)F)cc2)C1=O. The maximum Gasteiger partial charge on any atom is 0.416 e. The summed E-state index contributed by atoms with van der Waals surface area (Å²) >= 11 is 0. The number of nitrogens with two attached hydrogens (primary N) is 1. The Morgan fingerprint density at radius 2 is 1.74 bits per heavy atom. The molecular formula is C11H10F3N3O2. The number of alkyl halides is 3. The minimum absolute atomic E-state index is 0.120. The lowest BCUT2D eigenvalue weighted by Crippen LogP contribution is -2.39. The summed E-state index contributed by atoms with van der Waals surface area (Å²) in [6, 6.07) is 2.63. The van der Waals surface area contributed by atoms with Crippen LogP contribution in [0.4, 0.5) is 28.4 Å². The van der Waals surface area contributed by atoms with Crippen LogP contribution in [0.2, 0.25) is 0 Å². The third kappa shape index (κ3) is 2.47. The molecule has 1 aliphatic rings. The molecule has 0 bridgehead atoms. The van der Waals surface area contributed by atoms with Gasteiger partial charge in [-0.1, -0.05) is 0 Å². The quantitative estimate of drug-likeness (QED) is 0.850. The zero-order valence-electron chi connectivity index (χ0n) is 9.65. The molecule has 1 saturated heterocycles. The Labute approximate surface area is 106 Å². The highest BCUT2D eigenvalue weighted by molar-refractivity contribution is 6.03. The molecule has 19 heavy (non-hydrogen) atoms. The van der Waals surface area contributed by atoms with Gasteiger partial charge in [0.1, 0.15) is 0 Å². The molecule has 1 aromatic rings. The van der Waals surface area contributed by atoms with Crippen molar-refractivity contribution >= 4 is 17.7 Å². The second-order valence-electron chi connectivity index (χ2n) is 3.97. The molecule has 1 fully saturated rings. The van der Waals surface area contributed by atoms with E-state index in [-0.39, 0.29) is 13.1 Å². The molecule has 0 aromatic heterocycles. The van der Waals surface area contributed by atoms with Crippen LogP contribution in [0.3, 0.4) is 0 Å².